The van der Waals surface area contributed by atoms with Crippen molar-refractivity contribution in [2.75, 3.05) is 7.05 Å². The zero-order valence-electron chi connectivity index (χ0n) is 20.7. The van der Waals surface area contributed by atoms with Crippen LogP contribution in [-0.4, -0.2) is 42.5 Å². The maximum absolute atomic E-state index is 11.8. The quantitative estimate of drug-likeness (QED) is 0.366. The van der Waals surface area contributed by atoms with E-state index in [1.54, 1.807) is 25.5 Å². The van der Waals surface area contributed by atoms with E-state index in [-0.39, 0.29) is 11.3 Å². The second-order valence-corrected chi connectivity index (χ2v) is 9.58. The van der Waals surface area contributed by atoms with Gasteiger partial charge in [-0.1, -0.05) is 42.5 Å². The van der Waals surface area contributed by atoms with Crippen LogP contribution in [0.2, 0.25) is 0 Å². The molecule has 4 aromatic heterocycles. The summed E-state index contributed by atoms with van der Waals surface area (Å²) >= 11 is 0. The Labute approximate surface area is 218 Å². The Balaban J connectivity index is 1.22. The molecule has 0 spiro atoms. The number of carbonyl (C=O) groups is 1. The van der Waals surface area contributed by atoms with Crippen molar-refractivity contribution in [2.24, 2.45) is 0 Å². The highest BCUT2D eigenvalue weighted by molar-refractivity contribution is 5.92. The van der Waals surface area contributed by atoms with Crippen LogP contribution in [0.3, 0.4) is 0 Å². The molecule has 1 aliphatic carbocycles. The maximum Gasteiger partial charge on any atom is 0.269 e. The molecule has 7 rings (SSSR count). The van der Waals surface area contributed by atoms with Gasteiger partial charge in [-0.15, -0.1) is 0 Å². The number of hydrogen-bond acceptors (Lipinski definition) is 6. The van der Waals surface area contributed by atoms with Gasteiger partial charge in [0.25, 0.3) is 11.7 Å². The van der Waals surface area contributed by atoms with E-state index in [1.165, 1.54) is 5.56 Å². The van der Waals surface area contributed by atoms with Crippen LogP contribution in [0.15, 0.2) is 91.5 Å². The minimum absolute atomic E-state index is 0.117. The molecule has 0 saturated heterocycles. The summed E-state index contributed by atoms with van der Waals surface area (Å²) in [5, 5.41) is 8.69. The number of carbonyl (C=O) groups excluding carboxylic acids is 1. The highest BCUT2D eigenvalue weighted by atomic mass is 16.1. The van der Waals surface area contributed by atoms with Gasteiger partial charge in [0.1, 0.15) is 11.4 Å². The van der Waals surface area contributed by atoms with Gasteiger partial charge >= 0.3 is 0 Å². The van der Waals surface area contributed by atoms with Crippen LogP contribution in [-0.2, 0) is 5.41 Å². The summed E-state index contributed by atoms with van der Waals surface area (Å²) in [7, 11) is 1.59. The Morgan fingerprint density at radius 1 is 0.842 bits per heavy atom. The lowest BCUT2D eigenvalue weighted by Crippen LogP contribution is -2.18. The highest BCUT2D eigenvalue weighted by Gasteiger charge is 2.48. The van der Waals surface area contributed by atoms with Gasteiger partial charge in [0.05, 0.1) is 23.6 Å². The number of imidazole rings is 1. The van der Waals surface area contributed by atoms with Crippen LogP contribution in [0.5, 0.6) is 0 Å². The Bertz CT molecular complexity index is 1820. The summed E-state index contributed by atoms with van der Waals surface area (Å²) in [6, 6.07) is 22.3. The molecule has 8 heteroatoms. The molecule has 1 fully saturated rings. The second-order valence-electron chi connectivity index (χ2n) is 9.58. The van der Waals surface area contributed by atoms with E-state index < -0.39 is 0 Å². The SMILES string of the molecule is CNC(=O)c1ccc(-c2ccc(-c3cnc4ncc(C5(c6ccc7ncccc7c6)CC5)n4n3)cc2)cn1. The van der Waals surface area contributed by atoms with Crippen LogP contribution in [0.1, 0.15) is 34.6 Å². The summed E-state index contributed by atoms with van der Waals surface area (Å²) < 4.78 is 1.89. The number of nitrogens with one attached hydrogen (secondary N) is 1. The Morgan fingerprint density at radius 2 is 1.63 bits per heavy atom. The van der Waals surface area contributed by atoms with Gasteiger partial charge in [-0.05, 0) is 48.2 Å². The van der Waals surface area contributed by atoms with Gasteiger partial charge in [-0.3, -0.25) is 14.8 Å². The molecule has 8 nitrogen and oxygen atoms in total. The van der Waals surface area contributed by atoms with Gasteiger partial charge < -0.3 is 5.32 Å². The molecule has 6 aromatic rings. The first-order valence-electron chi connectivity index (χ1n) is 12.5. The standard InChI is InChI=1S/C30H23N7O/c1-31-28(38)25-10-8-22(16-33-25)19-4-6-20(7-5-19)26-17-34-29-35-18-27(37(29)36-26)30(12-13-30)23-9-11-24-21(15-23)3-2-14-32-24/h2-11,14-18H,12-13H2,1H3,(H,31,38). The number of fused-ring (bicyclic) bond motifs is 2. The first kappa shape index (κ1) is 22.2. The van der Waals surface area contributed by atoms with Crippen molar-refractivity contribution in [1.29, 1.82) is 0 Å². The molecule has 0 bridgehead atoms. The maximum atomic E-state index is 11.8. The van der Waals surface area contributed by atoms with Crippen LogP contribution in [0.25, 0.3) is 39.1 Å². The lowest BCUT2D eigenvalue weighted by Gasteiger charge is -2.16. The van der Waals surface area contributed by atoms with Crippen LogP contribution in [0, 0.1) is 0 Å². The molecule has 1 saturated carbocycles. The largest absolute Gasteiger partial charge is 0.354 e. The summed E-state index contributed by atoms with van der Waals surface area (Å²) in [5.74, 6) is 0.390. The minimum atomic E-state index is -0.203. The molecule has 0 aliphatic heterocycles. The number of pyridine rings is 2. The third kappa shape index (κ3) is 3.61. The summed E-state index contributed by atoms with van der Waals surface area (Å²) in [5.41, 5.74) is 7.25. The van der Waals surface area contributed by atoms with Gasteiger partial charge in [-0.25, -0.2) is 9.97 Å². The molecule has 4 heterocycles. The molecule has 0 unspecified atom stereocenters. The fraction of sp³-hybridized carbons (Fsp3) is 0.133. The number of rotatable bonds is 5. The van der Waals surface area contributed by atoms with Crippen molar-refractivity contribution in [3.8, 4) is 22.4 Å². The zero-order valence-corrected chi connectivity index (χ0v) is 20.7. The molecule has 0 radical (unpaired) electrons. The predicted octanol–water partition coefficient (Wildman–Crippen LogP) is 4.84. The van der Waals surface area contributed by atoms with Gasteiger partial charge in [0, 0.05) is 41.4 Å². The lowest BCUT2D eigenvalue weighted by atomic mass is 9.91. The molecule has 1 N–H and O–H groups in total. The van der Waals surface area contributed by atoms with E-state index in [1.807, 2.05) is 53.3 Å². The molecule has 1 amide bonds. The van der Waals surface area contributed by atoms with Crippen molar-refractivity contribution < 1.29 is 4.79 Å². The number of benzene rings is 2. The van der Waals surface area contributed by atoms with Gasteiger partial charge in [0.2, 0.25) is 0 Å². The minimum Gasteiger partial charge on any atom is -0.354 e. The van der Waals surface area contributed by atoms with Crippen molar-refractivity contribution in [1.82, 2.24) is 34.9 Å². The molecule has 2 aromatic carbocycles. The number of aromatic nitrogens is 6. The summed E-state index contributed by atoms with van der Waals surface area (Å²) in [6.45, 7) is 0. The molecular formula is C30H23N7O. The zero-order chi connectivity index (χ0) is 25.7. The molecule has 38 heavy (non-hydrogen) atoms. The predicted molar refractivity (Wildman–Crippen MR) is 145 cm³/mol. The topological polar surface area (TPSA) is 98.0 Å². The van der Waals surface area contributed by atoms with E-state index >= 15 is 0 Å². The smallest absolute Gasteiger partial charge is 0.269 e. The first-order valence-corrected chi connectivity index (χ1v) is 12.5. The molecule has 0 atom stereocenters. The monoisotopic (exact) mass is 497 g/mol. The third-order valence-corrected chi connectivity index (χ3v) is 7.36. The lowest BCUT2D eigenvalue weighted by molar-refractivity contribution is 0.0958. The molecule has 1 aliphatic rings. The average molecular weight is 498 g/mol. The van der Waals surface area contributed by atoms with E-state index in [0.29, 0.717) is 11.5 Å². The van der Waals surface area contributed by atoms with E-state index in [2.05, 4.69) is 49.5 Å². The average Bonchev–Trinajstić information content (AvgIpc) is 3.68. The summed E-state index contributed by atoms with van der Waals surface area (Å²) in [4.78, 5) is 29.7. The number of amides is 1. The van der Waals surface area contributed by atoms with E-state index in [0.717, 1.165) is 51.8 Å². The van der Waals surface area contributed by atoms with Gasteiger partial charge in [-0.2, -0.15) is 9.61 Å². The van der Waals surface area contributed by atoms with Gasteiger partial charge in [0.15, 0.2) is 0 Å². The van der Waals surface area contributed by atoms with Crippen LogP contribution < -0.4 is 5.32 Å². The van der Waals surface area contributed by atoms with Crippen LogP contribution >= 0.6 is 0 Å². The van der Waals surface area contributed by atoms with Crippen molar-refractivity contribution in [3.63, 3.8) is 0 Å². The second kappa shape index (κ2) is 8.55. The van der Waals surface area contributed by atoms with E-state index in [4.69, 9.17) is 5.10 Å². The van der Waals surface area contributed by atoms with Crippen molar-refractivity contribution in [3.05, 3.63) is 108 Å². The van der Waals surface area contributed by atoms with E-state index in [9.17, 15) is 4.79 Å². The van der Waals surface area contributed by atoms with Crippen molar-refractivity contribution in [2.45, 2.75) is 18.3 Å². The molecule has 184 valence electrons. The Morgan fingerprint density at radius 3 is 2.39 bits per heavy atom. The fourth-order valence-corrected chi connectivity index (χ4v) is 5.09. The van der Waals surface area contributed by atoms with Crippen LogP contribution in [0.4, 0.5) is 0 Å². The Hall–Kier alpha value is -4.98. The summed E-state index contributed by atoms with van der Waals surface area (Å²) in [6.07, 6.45) is 9.30. The first-order chi connectivity index (χ1) is 18.6. The Kier molecular flexibility index (Phi) is 5.00. The van der Waals surface area contributed by atoms with Crippen molar-refractivity contribution >= 4 is 22.6 Å². The third-order valence-electron chi connectivity index (χ3n) is 7.36. The fourth-order valence-electron chi connectivity index (χ4n) is 5.09. The normalized spacial score (nSPS) is 14.0. The molecular weight excluding hydrogens is 474 g/mol. The highest BCUT2D eigenvalue weighted by Crippen LogP contribution is 2.53. The number of nitrogens with zero attached hydrogens (tertiary/aromatic N) is 6. The number of hydrogen-bond donors (Lipinski definition) is 1.